The van der Waals surface area contributed by atoms with Crippen LogP contribution in [0.5, 0.6) is 0 Å². The summed E-state index contributed by atoms with van der Waals surface area (Å²) in [5, 5.41) is 1.28. The normalized spacial score (nSPS) is 11.1. The summed E-state index contributed by atoms with van der Waals surface area (Å²) in [4.78, 5) is 26.5. The van der Waals surface area contributed by atoms with Crippen molar-refractivity contribution in [1.82, 2.24) is 15.0 Å². The van der Waals surface area contributed by atoms with Crippen LogP contribution in [0, 0.1) is 0 Å². The van der Waals surface area contributed by atoms with Crippen molar-refractivity contribution in [3.05, 3.63) is 71.1 Å². The van der Waals surface area contributed by atoms with Gasteiger partial charge in [-0.3, -0.25) is 4.79 Å². The van der Waals surface area contributed by atoms with E-state index in [1.54, 1.807) is 0 Å². The van der Waals surface area contributed by atoms with Crippen LogP contribution < -0.4 is 27.3 Å². The topological polar surface area (TPSA) is 68.7 Å². The van der Waals surface area contributed by atoms with E-state index in [4.69, 9.17) is 4.98 Å². The van der Waals surface area contributed by atoms with E-state index in [2.05, 4.69) is 9.97 Å². The van der Waals surface area contributed by atoms with Gasteiger partial charge in [0, 0.05) is 30.7 Å². The van der Waals surface area contributed by atoms with Crippen LogP contribution >= 0.6 is 0 Å². The van der Waals surface area contributed by atoms with Crippen LogP contribution in [0.15, 0.2) is 65.7 Å². The van der Waals surface area contributed by atoms with E-state index >= 15 is 0 Å². The number of imidazole rings is 1. The SMILES string of the molecule is CN(C)c1cc[n+](-c2nc3c(ccc4[nH]c5ccccc5c(=O)c43)[nH]2)cc1.[Cl-]. The van der Waals surface area contributed by atoms with E-state index in [0.717, 1.165) is 22.2 Å². The smallest absolute Gasteiger partial charge is 0.401 e. The predicted octanol–water partition coefficient (Wildman–Crippen LogP) is -0.0957. The number of nitrogens with one attached hydrogen (secondary N) is 2. The molecule has 2 N–H and O–H groups in total. The van der Waals surface area contributed by atoms with Crippen molar-refractivity contribution in [2.75, 3.05) is 19.0 Å². The van der Waals surface area contributed by atoms with E-state index in [1.165, 1.54) is 0 Å². The molecule has 7 heteroatoms. The maximum Gasteiger partial charge on any atom is 0.401 e. The molecule has 0 amide bonds. The second-order valence-electron chi connectivity index (χ2n) is 6.80. The lowest BCUT2D eigenvalue weighted by atomic mass is 10.1. The maximum absolute atomic E-state index is 13.1. The highest BCUT2D eigenvalue weighted by Gasteiger charge is 2.19. The van der Waals surface area contributed by atoms with Gasteiger partial charge in [-0.1, -0.05) is 17.1 Å². The highest BCUT2D eigenvalue weighted by atomic mass is 35.5. The van der Waals surface area contributed by atoms with Crippen LogP contribution in [0.2, 0.25) is 0 Å². The Labute approximate surface area is 166 Å². The molecule has 0 fully saturated rings. The highest BCUT2D eigenvalue weighted by Crippen LogP contribution is 2.22. The molecule has 0 spiro atoms. The number of para-hydroxylation sites is 1. The fourth-order valence-corrected chi connectivity index (χ4v) is 3.45. The summed E-state index contributed by atoms with van der Waals surface area (Å²) in [5.74, 6) is 0.676. The number of fused-ring (bicyclic) bond motifs is 4. The lowest BCUT2D eigenvalue weighted by molar-refractivity contribution is -0.602. The Morgan fingerprint density at radius 3 is 2.36 bits per heavy atom. The fourth-order valence-electron chi connectivity index (χ4n) is 3.45. The number of hydrogen-bond acceptors (Lipinski definition) is 3. The first-order valence-corrected chi connectivity index (χ1v) is 8.74. The summed E-state index contributed by atoms with van der Waals surface area (Å²) in [6.07, 6.45) is 3.91. The van der Waals surface area contributed by atoms with Gasteiger partial charge in [-0.2, -0.15) is 0 Å². The van der Waals surface area contributed by atoms with Gasteiger partial charge in [-0.25, -0.2) is 9.55 Å². The second kappa shape index (κ2) is 6.65. The molecule has 0 bridgehead atoms. The predicted molar refractivity (Wildman–Crippen MR) is 108 cm³/mol. The molecule has 3 aromatic heterocycles. The van der Waals surface area contributed by atoms with Crippen LogP contribution in [-0.4, -0.2) is 29.0 Å². The zero-order valence-corrected chi connectivity index (χ0v) is 16.2. The molecule has 5 rings (SSSR count). The number of nitrogens with zero attached hydrogens (tertiary/aromatic N) is 3. The Bertz CT molecular complexity index is 1370. The molecule has 5 aromatic rings. The maximum atomic E-state index is 13.1. The summed E-state index contributed by atoms with van der Waals surface area (Å²) in [6.45, 7) is 0. The van der Waals surface area contributed by atoms with Crippen LogP contribution in [0.3, 0.4) is 0 Å². The Morgan fingerprint density at radius 2 is 1.61 bits per heavy atom. The molecule has 140 valence electrons. The first kappa shape index (κ1) is 18.0. The Balaban J connectivity index is 0.00000192. The number of benzene rings is 2. The van der Waals surface area contributed by atoms with E-state index in [1.807, 2.05) is 84.5 Å². The minimum absolute atomic E-state index is 0. The number of H-pyrrole nitrogens is 2. The second-order valence-corrected chi connectivity index (χ2v) is 6.80. The average molecular weight is 392 g/mol. The Kier molecular flexibility index (Phi) is 4.28. The van der Waals surface area contributed by atoms with Crippen molar-refractivity contribution in [3.63, 3.8) is 0 Å². The van der Waals surface area contributed by atoms with Gasteiger partial charge in [0.1, 0.15) is 5.52 Å². The number of anilines is 1. The highest BCUT2D eigenvalue weighted by molar-refractivity contribution is 6.06. The molecule has 6 nitrogen and oxygen atoms in total. The third-order valence-corrected chi connectivity index (χ3v) is 4.88. The lowest BCUT2D eigenvalue weighted by Crippen LogP contribution is -3.00. The van der Waals surface area contributed by atoms with E-state index < -0.39 is 0 Å². The summed E-state index contributed by atoms with van der Waals surface area (Å²) in [6, 6.07) is 15.5. The number of aromatic amines is 2. The van der Waals surface area contributed by atoms with Crippen molar-refractivity contribution in [2.45, 2.75) is 0 Å². The summed E-state index contributed by atoms with van der Waals surface area (Å²) in [7, 11) is 4.01. The van der Waals surface area contributed by atoms with Gasteiger partial charge >= 0.3 is 5.95 Å². The Hall–Kier alpha value is -3.38. The average Bonchev–Trinajstić information content (AvgIpc) is 3.12. The molecule has 0 aliphatic rings. The molecule has 0 atom stereocenters. The van der Waals surface area contributed by atoms with Crippen LogP contribution in [0.1, 0.15) is 0 Å². The number of pyridine rings is 2. The minimum atomic E-state index is -0.00374. The van der Waals surface area contributed by atoms with Gasteiger partial charge in [0.15, 0.2) is 5.52 Å². The van der Waals surface area contributed by atoms with Crippen molar-refractivity contribution < 1.29 is 17.0 Å². The molecular formula is C21H18ClN5O. The lowest BCUT2D eigenvalue weighted by Gasteiger charge is -2.11. The molecule has 3 heterocycles. The van der Waals surface area contributed by atoms with Gasteiger partial charge in [0.05, 0.1) is 23.3 Å². The Morgan fingerprint density at radius 1 is 0.893 bits per heavy atom. The van der Waals surface area contributed by atoms with Gasteiger partial charge < -0.3 is 22.3 Å². The third-order valence-electron chi connectivity index (χ3n) is 4.88. The summed E-state index contributed by atoms with van der Waals surface area (Å²) >= 11 is 0. The zero-order chi connectivity index (χ0) is 18.5. The molecule has 0 aliphatic heterocycles. The molecule has 0 saturated carbocycles. The van der Waals surface area contributed by atoms with Crippen molar-refractivity contribution in [2.24, 2.45) is 0 Å². The molecule has 0 aliphatic carbocycles. The van der Waals surface area contributed by atoms with Crippen LogP contribution in [0.4, 0.5) is 5.69 Å². The molecule has 0 radical (unpaired) electrons. The van der Waals surface area contributed by atoms with E-state index in [9.17, 15) is 4.79 Å². The van der Waals surface area contributed by atoms with Crippen molar-refractivity contribution in [3.8, 4) is 5.95 Å². The molecule has 0 unspecified atom stereocenters. The van der Waals surface area contributed by atoms with Gasteiger partial charge in [-0.05, 0) is 36.4 Å². The fraction of sp³-hybridized carbons (Fsp3) is 0.0952. The first-order chi connectivity index (χ1) is 13.1. The monoisotopic (exact) mass is 391 g/mol. The van der Waals surface area contributed by atoms with Gasteiger partial charge in [-0.15, -0.1) is 0 Å². The zero-order valence-electron chi connectivity index (χ0n) is 15.4. The first-order valence-electron chi connectivity index (χ1n) is 8.74. The van der Waals surface area contributed by atoms with Gasteiger partial charge in [0.2, 0.25) is 5.43 Å². The largest absolute Gasteiger partial charge is 1.00 e. The summed E-state index contributed by atoms with van der Waals surface area (Å²) < 4.78 is 1.91. The quantitative estimate of drug-likeness (QED) is 0.326. The van der Waals surface area contributed by atoms with Crippen molar-refractivity contribution >= 4 is 38.5 Å². The third kappa shape index (κ3) is 2.70. The molecule has 28 heavy (non-hydrogen) atoms. The number of hydrogen-bond donors (Lipinski definition) is 2. The minimum Gasteiger partial charge on any atom is -1.00 e. The number of halogens is 1. The van der Waals surface area contributed by atoms with Gasteiger partial charge in [0.25, 0.3) is 0 Å². The van der Waals surface area contributed by atoms with E-state index in [0.29, 0.717) is 22.2 Å². The van der Waals surface area contributed by atoms with Crippen molar-refractivity contribution in [1.29, 1.82) is 0 Å². The molecule has 2 aromatic carbocycles. The molecular weight excluding hydrogens is 374 g/mol. The number of aromatic nitrogens is 4. The van der Waals surface area contributed by atoms with E-state index in [-0.39, 0.29) is 17.8 Å². The summed E-state index contributed by atoms with van der Waals surface area (Å²) in [5.41, 5.74) is 4.24. The number of rotatable bonds is 2. The van der Waals surface area contributed by atoms with Crippen LogP contribution in [-0.2, 0) is 0 Å². The molecule has 0 saturated heterocycles. The van der Waals surface area contributed by atoms with Crippen LogP contribution in [0.25, 0.3) is 38.8 Å². The standard InChI is InChI=1S/C21H17N5O.ClH/c1-25(2)13-9-11-26(12-10-13)21-23-17-8-7-16-18(19(17)24-21)20(27)14-5-3-4-6-15(14)22-16;/h3-12H,1-2H3,(H-,22,23,24,27);1H.